The molecule has 21 heavy (non-hydrogen) atoms. The van der Waals surface area contributed by atoms with Gasteiger partial charge in [-0.3, -0.25) is 0 Å². The van der Waals surface area contributed by atoms with Gasteiger partial charge < -0.3 is 5.32 Å². The number of hydrogen-bond donors (Lipinski definition) is 1. The van der Waals surface area contributed by atoms with E-state index in [1.54, 1.807) is 0 Å². The maximum absolute atomic E-state index is 3.70. The first kappa shape index (κ1) is 15.8. The predicted molar refractivity (Wildman–Crippen MR) is 91.8 cm³/mol. The summed E-state index contributed by atoms with van der Waals surface area (Å²) in [5.41, 5.74) is 6.84. The second kappa shape index (κ2) is 7.42. The summed E-state index contributed by atoms with van der Waals surface area (Å²) in [5, 5.41) is 3.70. The molecule has 112 valence electrons. The van der Waals surface area contributed by atoms with Gasteiger partial charge in [0.2, 0.25) is 0 Å². The van der Waals surface area contributed by atoms with E-state index < -0.39 is 0 Å². The third-order valence-corrected chi connectivity index (χ3v) is 3.81. The summed E-state index contributed by atoms with van der Waals surface area (Å²) >= 11 is 0. The van der Waals surface area contributed by atoms with Gasteiger partial charge in [0, 0.05) is 6.04 Å². The van der Waals surface area contributed by atoms with Crippen LogP contribution in [0.5, 0.6) is 0 Å². The summed E-state index contributed by atoms with van der Waals surface area (Å²) in [4.78, 5) is 0. The molecule has 0 aromatic heterocycles. The average Bonchev–Trinajstić information content (AvgIpc) is 2.42. The highest BCUT2D eigenvalue weighted by molar-refractivity contribution is 5.32. The molecule has 1 N–H and O–H groups in total. The van der Waals surface area contributed by atoms with Gasteiger partial charge in [-0.15, -0.1) is 0 Å². The summed E-state index contributed by atoms with van der Waals surface area (Å²) in [5.74, 6) is 0. The summed E-state index contributed by atoms with van der Waals surface area (Å²) in [6.07, 6.45) is 2.21. The molecule has 1 heteroatoms. The van der Waals surface area contributed by atoms with E-state index in [-0.39, 0.29) is 0 Å². The Hall–Kier alpha value is -1.60. The van der Waals surface area contributed by atoms with Crippen LogP contribution in [0.1, 0.15) is 47.2 Å². The lowest BCUT2D eigenvalue weighted by atomic mass is 9.95. The van der Waals surface area contributed by atoms with Crippen LogP contribution in [0.25, 0.3) is 0 Å². The molecule has 0 heterocycles. The molecule has 0 bridgehead atoms. The van der Waals surface area contributed by atoms with Gasteiger partial charge in [0.05, 0.1) is 0 Å². The molecule has 1 unspecified atom stereocenters. The Bertz CT molecular complexity index is 566. The summed E-state index contributed by atoms with van der Waals surface area (Å²) in [6, 6.07) is 16.1. The second-order valence-electron chi connectivity index (χ2n) is 6.12. The minimum atomic E-state index is 0.394. The van der Waals surface area contributed by atoms with E-state index >= 15 is 0 Å². The van der Waals surface area contributed by atoms with Crippen LogP contribution in [0.2, 0.25) is 0 Å². The summed E-state index contributed by atoms with van der Waals surface area (Å²) in [6.45, 7) is 9.80. The monoisotopic (exact) mass is 281 g/mol. The highest BCUT2D eigenvalue weighted by Gasteiger charge is 2.12. The average molecular weight is 281 g/mol. The maximum atomic E-state index is 3.70. The molecule has 2 aromatic rings. The van der Waals surface area contributed by atoms with Crippen molar-refractivity contribution in [1.29, 1.82) is 0 Å². The molecule has 0 fully saturated rings. The highest BCUT2D eigenvalue weighted by atomic mass is 14.9. The minimum Gasteiger partial charge on any atom is -0.310 e. The molecule has 1 nitrogen and oxygen atoms in total. The smallest absolute Gasteiger partial charge is 0.0360 e. The van der Waals surface area contributed by atoms with Crippen LogP contribution in [0.3, 0.4) is 0 Å². The lowest BCUT2D eigenvalue weighted by molar-refractivity contribution is 0.529. The first-order valence-electron chi connectivity index (χ1n) is 7.95. The minimum absolute atomic E-state index is 0.394. The number of hydrogen-bond acceptors (Lipinski definition) is 1. The third kappa shape index (κ3) is 4.71. The molecule has 0 aliphatic heterocycles. The van der Waals surface area contributed by atoms with E-state index in [1.165, 1.54) is 27.8 Å². The second-order valence-corrected chi connectivity index (χ2v) is 6.12. The van der Waals surface area contributed by atoms with E-state index in [2.05, 4.69) is 75.5 Å². The van der Waals surface area contributed by atoms with Gasteiger partial charge in [-0.1, -0.05) is 66.1 Å². The number of rotatable bonds is 6. The van der Waals surface area contributed by atoms with Crippen molar-refractivity contribution in [3.05, 3.63) is 70.3 Å². The maximum Gasteiger partial charge on any atom is 0.0360 e. The van der Waals surface area contributed by atoms with E-state index in [0.717, 1.165) is 19.4 Å². The van der Waals surface area contributed by atoms with Crippen molar-refractivity contribution in [2.75, 3.05) is 6.54 Å². The van der Waals surface area contributed by atoms with Gasteiger partial charge in [0.1, 0.15) is 0 Å². The molecule has 0 radical (unpaired) electrons. The zero-order chi connectivity index (χ0) is 15.2. The Kier molecular flexibility index (Phi) is 5.58. The lowest BCUT2D eigenvalue weighted by Crippen LogP contribution is -2.24. The number of benzene rings is 2. The Morgan fingerprint density at radius 1 is 0.905 bits per heavy atom. The fourth-order valence-corrected chi connectivity index (χ4v) is 2.94. The number of nitrogens with one attached hydrogen (secondary N) is 1. The Labute approximate surface area is 129 Å². The van der Waals surface area contributed by atoms with E-state index in [0.29, 0.717) is 6.04 Å². The van der Waals surface area contributed by atoms with Crippen LogP contribution in [0.15, 0.2) is 42.5 Å². The van der Waals surface area contributed by atoms with Crippen LogP contribution in [-0.4, -0.2) is 6.54 Å². The van der Waals surface area contributed by atoms with Gasteiger partial charge in [0.15, 0.2) is 0 Å². The third-order valence-electron chi connectivity index (χ3n) is 3.81. The van der Waals surface area contributed by atoms with E-state index in [1.807, 2.05) is 0 Å². The zero-order valence-corrected chi connectivity index (χ0v) is 13.7. The normalized spacial score (nSPS) is 12.4. The largest absolute Gasteiger partial charge is 0.310 e. The first-order chi connectivity index (χ1) is 10.1. The van der Waals surface area contributed by atoms with E-state index in [4.69, 9.17) is 0 Å². The topological polar surface area (TPSA) is 12.0 Å². The molecule has 0 spiro atoms. The van der Waals surface area contributed by atoms with Crippen LogP contribution in [0.4, 0.5) is 0 Å². The SMILES string of the molecule is CCCNC(Cc1cc(C)cc(C)c1)c1cccc(C)c1. The van der Waals surface area contributed by atoms with Crippen molar-refractivity contribution in [2.24, 2.45) is 0 Å². The fourth-order valence-electron chi connectivity index (χ4n) is 2.94. The van der Waals surface area contributed by atoms with E-state index in [9.17, 15) is 0 Å². The van der Waals surface area contributed by atoms with Crippen LogP contribution in [0, 0.1) is 20.8 Å². The fraction of sp³-hybridized carbons (Fsp3) is 0.400. The summed E-state index contributed by atoms with van der Waals surface area (Å²) < 4.78 is 0. The molecule has 0 saturated carbocycles. The molecule has 2 rings (SSSR count). The first-order valence-corrected chi connectivity index (χ1v) is 7.95. The quantitative estimate of drug-likeness (QED) is 0.794. The molecule has 1 atom stereocenters. The van der Waals surface area contributed by atoms with Crippen molar-refractivity contribution >= 4 is 0 Å². The van der Waals surface area contributed by atoms with Crippen LogP contribution < -0.4 is 5.32 Å². The standard InChI is InChI=1S/C20H27N/c1-5-9-21-20(19-8-6-7-15(2)13-19)14-18-11-16(3)10-17(4)12-18/h6-8,10-13,20-21H,5,9,14H2,1-4H3. The van der Waals surface area contributed by atoms with Gasteiger partial charge in [0.25, 0.3) is 0 Å². The van der Waals surface area contributed by atoms with Crippen LogP contribution in [-0.2, 0) is 6.42 Å². The van der Waals surface area contributed by atoms with Gasteiger partial charge >= 0.3 is 0 Å². The molecule has 0 saturated heterocycles. The van der Waals surface area contributed by atoms with Gasteiger partial charge in [-0.2, -0.15) is 0 Å². The molecule has 0 aliphatic rings. The number of aryl methyl sites for hydroxylation is 3. The molecular weight excluding hydrogens is 254 g/mol. The highest BCUT2D eigenvalue weighted by Crippen LogP contribution is 2.21. The van der Waals surface area contributed by atoms with Crippen molar-refractivity contribution in [2.45, 2.75) is 46.6 Å². The predicted octanol–water partition coefficient (Wildman–Crippen LogP) is 4.90. The lowest BCUT2D eigenvalue weighted by Gasteiger charge is -2.20. The molecule has 2 aromatic carbocycles. The van der Waals surface area contributed by atoms with Gasteiger partial charge in [-0.25, -0.2) is 0 Å². The molecular formula is C20H27N. The Morgan fingerprint density at radius 2 is 1.62 bits per heavy atom. The molecule has 0 aliphatic carbocycles. The van der Waals surface area contributed by atoms with Crippen molar-refractivity contribution < 1.29 is 0 Å². The zero-order valence-electron chi connectivity index (χ0n) is 13.7. The van der Waals surface area contributed by atoms with Crippen molar-refractivity contribution in [3.63, 3.8) is 0 Å². The summed E-state index contributed by atoms with van der Waals surface area (Å²) in [7, 11) is 0. The van der Waals surface area contributed by atoms with Crippen LogP contribution >= 0.6 is 0 Å². The van der Waals surface area contributed by atoms with Gasteiger partial charge in [-0.05, 0) is 51.3 Å². The Morgan fingerprint density at radius 3 is 2.24 bits per heavy atom. The van der Waals surface area contributed by atoms with Crippen molar-refractivity contribution in [1.82, 2.24) is 5.32 Å². The Balaban J connectivity index is 2.23. The molecule has 0 amide bonds. The van der Waals surface area contributed by atoms with Crippen molar-refractivity contribution in [3.8, 4) is 0 Å².